The first-order valence-electron chi connectivity index (χ1n) is 8.15. The van der Waals surface area contributed by atoms with Crippen LogP contribution in [-0.2, 0) is 16.1 Å². The monoisotopic (exact) mass is 317 g/mol. The molecule has 1 aromatic rings. The van der Waals surface area contributed by atoms with Crippen LogP contribution < -0.4 is 0 Å². The Hall–Kier alpha value is -1.81. The minimum Gasteiger partial charge on any atom is -0.444 e. The second-order valence-electron chi connectivity index (χ2n) is 6.87. The zero-order valence-electron chi connectivity index (χ0n) is 14.5. The van der Waals surface area contributed by atoms with Crippen molar-refractivity contribution < 1.29 is 14.3 Å². The van der Waals surface area contributed by atoms with Crippen molar-refractivity contribution in [1.29, 1.82) is 0 Å². The highest BCUT2D eigenvalue weighted by molar-refractivity contribution is 5.69. The second-order valence-corrected chi connectivity index (χ2v) is 6.87. The molecule has 1 saturated heterocycles. The van der Waals surface area contributed by atoms with Crippen molar-refractivity contribution in [3.8, 4) is 0 Å². The average molecular weight is 317 g/mol. The Kier molecular flexibility index (Phi) is 5.47. The van der Waals surface area contributed by atoms with Crippen LogP contribution in [-0.4, -0.2) is 28.9 Å². The molecule has 126 valence electrons. The first-order valence-corrected chi connectivity index (χ1v) is 8.15. The van der Waals surface area contributed by atoms with E-state index in [0.29, 0.717) is 5.92 Å². The van der Waals surface area contributed by atoms with Gasteiger partial charge in [0.25, 0.3) is 0 Å². The first kappa shape index (κ1) is 17.5. The molecule has 1 unspecified atom stereocenters. The van der Waals surface area contributed by atoms with Gasteiger partial charge >= 0.3 is 6.09 Å². The minimum atomic E-state index is -0.702. The van der Waals surface area contributed by atoms with Crippen molar-refractivity contribution in [2.24, 2.45) is 5.92 Å². The lowest BCUT2D eigenvalue weighted by Gasteiger charge is -2.33. The van der Waals surface area contributed by atoms with Gasteiger partial charge in [-0.1, -0.05) is 50.3 Å². The summed E-state index contributed by atoms with van der Waals surface area (Å²) in [6.07, 6.45) is 2.12. The van der Waals surface area contributed by atoms with Gasteiger partial charge in [-0.2, -0.15) is 0 Å². The average Bonchev–Trinajstić information content (AvgIpc) is 2.75. The smallest absolute Gasteiger partial charge is 0.412 e. The molecule has 4 heteroatoms. The molecule has 1 aliphatic heterocycles. The largest absolute Gasteiger partial charge is 0.444 e. The number of nitrogens with zero attached hydrogens (tertiary/aromatic N) is 1. The van der Waals surface area contributed by atoms with Gasteiger partial charge in [0.05, 0.1) is 12.1 Å². The lowest BCUT2D eigenvalue weighted by Crippen LogP contribution is -2.48. The predicted octanol–water partition coefficient (Wildman–Crippen LogP) is 4.36. The van der Waals surface area contributed by atoms with Crippen LogP contribution in [0.2, 0.25) is 0 Å². The second kappa shape index (κ2) is 7.18. The predicted molar refractivity (Wildman–Crippen MR) is 90.9 cm³/mol. The Balaban J connectivity index is 2.12. The highest BCUT2D eigenvalue weighted by Gasteiger charge is 2.49. The van der Waals surface area contributed by atoms with Crippen molar-refractivity contribution >= 4 is 6.09 Å². The first-order chi connectivity index (χ1) is 10.8. The molecule has 0 bridgehead atoms. The number of hydrogen-bond donors (Lipinski definition) is 0. The van der Waals surface area contributed by atoms with E-state index in [1.54, 1.807) is 11.0 Å². The minimum absolute atomic E-state index is 0.0502. The molecule has 0 N–H and O–H groups in total. The molecule has 1 aliphatic rings. The molecule has 1 amide bonds. The number of carbonyl (C=O) groups excluding carboxylic acids is 1. The van der Waals surface area contributed by atoms with E-state index < -0.39 is 5.72 Å². The van der Waals surface area contributed by atoms with E-state index >= 15 is 0 Å². The van der Waals surface area contributed by atoms with Crippen LogP contribution in [0.3, 0.4) is 0 Å². The van der Waals surface area contributed by atoms with Crippen LogP contribution in [0.15, 0.2) is 43.0 Å². The fourth-order valence-electron chi connectivity index (χ4n) is 3.09. The number of hydrogen-bond acceptors (Lipinski definition) is 3. The zero-order valence-corrected chi connectivity index (χ0v) is 14.5. The molecule has 2 atom stereocenters. The topological polar surface area (TPSA) is 38.8 Å². The number of ether oxygens (including phenoxy) is 2. The van der Waals surface area contributed by atoms with E-state index in [9.17, 15) is 4.79 Å². The summed E-state index contributed by atoms with van der Waals surface area (Å²) in [5, 5.41) is 0. The summed E-state index contributed by atoms with van der Waals surface area (Å²) in [6, 6.07) is 9.64. The molecule has 0 aromatic heterocycles. The molecule has 2 rings (SSSR count). The van der Waals surface area contributed by atoms with Crippen LogP contribution in [0.4, 0.5) is 4.79 Å². The third kappa shape index (κ3) is 4.14. The number of carbonyl (C=O) groups is 1. The molecule has 0 radical (unpaired) electrons. The third-order valence-electron chi connectivity index (χ3n) is 4.06. The number of benzene rings is 1. The standard InChI is InChI=1S/C19H27NO3/c1-6-17-16(12-14(2)3)20(19(4,5)23-17)18(21)22-13-15-10-8-7-9-11-15/h6-11,14,16-17H,1,12-13H2,2-5H3/t16-,17?/m0/s1. The molecule has 0 aliphatic carbocycles. The van der Waals surface area contributed by atoms with Gasteiger partial charge in [-0.15, -0.1) is 6.58 Å². The molecule has 1 aromatic carbocycles. The summed E-state index contributed by atoms with van der Waals surface area (Å²) in [6.45, 7) is 12.2. The van der Waals surface area contributed by atoms with E-state index in [0.717, 1.165) is 12.0 Å². The Bertz CT molecular complexity index is 539. The van der Waals surface area contributed by atoms with Gasteiger partial charge < -0.3 is 9.47 Å². The summed E-state index contributed by atoms with van der Waals surface area (Å²) in [5.74, 6) is 0.448. The fourth-order valence-corrected chi connectivity index (χ4v) is 3.09. The molecular weight excluding hydrogens is 290 g/mol. The zero-order chi connectivity index (χ0) is 17.0. The Morgan fingerprint density at radius 1 is 1.39 bits per heavy atom. The molecule has 1 fully saturated rings. The summed E-state index contributed by atoms with van der Waals surface area (Å²) >= 11 is 0. The van der Waals surface area contributed by atoms with Crippen molar-refractivity contribution in [1.82, 2.24) is 4.90 Å². The van der Waals surface area contributed by atoms with Gasteiger partial charge in [0.2, 0.25) is 0 Å². The van der Waals surface area contributed by atoms with E-state index in [4.69, 9.17) is 9.47 Å². The Morgan fingerprint density at radius 2 is 2.04 bits per heavy atom. The van der Waals surface area contributed by atoms with Crippen molar-refractivity contribution in [2.45, 2.75) is 58.6 Å². The number of rotatable bonds is 5. The summed E-state index contributed by atoms with van der Waals surface area (Å²) < 4.78 is 11.5. The summed E-state index contributed by atoms with van der Waals surface area (Å²) in [4.78, 5) is 14.4. The molecule has 0 spiro atoms. The van der Waals surface area contributed by atoms with Gasteiger partial charge in [0, 0.05) is 0 Å². The molecule has 4 nitrogen and oxygen atoms in total. The van der Waals surface area contributed by atoms with Crippen molar-refractivity contribution in [2.75, 3.05) is 0 Å². The van der Waals surface area contributed by atoms with Crippen molar-refractivity contribution in [3.63, 3.8) is 0 Å². The van der Waals surface area contributed by atoms with Gasteiger partial charge in [-0.05, 0) is 31.7 Å². The lowest BCUT2D eigenvalue weighted by atomic mass is 9.98. The molecule has 1 heterocycles. The van der Waals surface area contributed by atoms with E-state index in [1.165, 1.54) is 0 Å². The van der Waals surface area contributed by atoms with Crippen LogP contribution in [0.5, 0.6) is 0 Å². The van der Waals surface area contributed by atoms with E-state index in [-0.39, 0.29) is 24.8 Å². The maximum atomic E-state index is 12.7. The summed E-state index contributed by atoms with van der Waals surface area (Å²) in [7, 11) is 0. The quantitative estimate of drug-likeness (QED) is 0.757. The van der Waals surface area contributed by atoms with Gasteiger partial charge in [0.15, 0.2) is 0 Å². The molecular formula is C19H27NO3. The Labute approximate surface area is 139 Å². The van der Waals surface area contributed by atoms with Crippen LogP contribution >= 0.6 is 0 Å². The Morgan fingerprint density at radius 3 is 2.61 bits per heavy atom. The SMILES string of the molecule is C=CC1OC(C)(C)N(C(=O)OCc2ccccc2)[C@H]1CC(C)C. The molecule has 0 saturated carbocycles. The van der Waals surface area contributed by atoms with Gasteiger partial charge in [0.1, 0.15) is 12.3 Å². The van der Waals surface area contributed by atoms with Gasteiger partial charge in [-0.3, -0.25) is 4.90 Å². The third-order valence-corrected chi connectivity index (χ3v) is 4.06. The van der Waals surface area contributed by atoms with Gasteiger partial charge in [-0.25, -0.2) is 4.79 Å². The van der Waals surface area contributed by atoms with Crippen LogP contribution in [0, 0.1) is 5.92 Å². The summed E-state index contributed by atoms with van der Waals surface area (Å²) in [5.41, 5.74) is 0.270. The maximum Gasteiger partial charge on any atom is 0.412 e. The van der Waals surface area contributed by atoms with E-state index in [2.05, 4.69) is 20.4 Å². The highest BCUT2D eigenvalue weighted by atomic mass is 16.6. The normalized spacial score (nSPS) is 23.1. The van der Waals surface area contributed by atoms with Crippen LogP contribution in [0.25, 0.3) is 0 Å². The lowest BCUT2D eigenvalue weighted by molar-refractivity contribution is -0.0616. The van der Waals surface area contributed by atoms with E-state index in [1.807, 2.05) is 44.2 Å². The molecule has 23 heavy (non-hydrogen) atoms. The maximum absolute atomic E-state index is 12.7. The highest BCUT2D eigenvalue weighted by Crippen LogP contribution is 2.36. The van der Waals surface area contributed by atoms with Crippen molar-refractivity contribution in [3.05, 3.63) is 48.6 Å². The fraction of sp³-hybridized carbons (Fsp3) is 0.526. The van der Waals surface area contributed by atoms with Crippen LogP contribution in [0.1, 0.15) is 39.7 Å². The number of amides is 1.